The van der Waals surface area contributed by atoms with Gasteiger partial charge < -0.3 is 10.5 Å². The van der Waals surface area contributed by atoms with E-state index in [0.29, 0.717) is 6.61 Å². The average Bonchev–Trinajstić information content (AvgIpc) is 2.31. The van der Waals surface area contributed by atoms with Crippen molar-refractivity contribution in [3.8, 4) is 5.75 Å². The number of hydrogen-bond acceptors (Lipinski definition) is 3. The number of benzene rings is 1. The molecule has 1 rings (SSSR count). The molecule has 0 aliphatic heterocycles. The normalized spacial score (nSPS) is 10.4. The van der Waals surface area contributed by atoms with Crippen LogP contribution in [0, 0.1) is 0 Å². The smallest absolute Gasteiger partial charge is 0.332 e. The van der Waals surface area contributed by atoms with Gasteiger partial charge in [0.05, 0.1) is 12.8 Å². The molecule has 17 heavy (non-hydrogen) atoms. The molecule has 0 radical (unpaired) electrons. The molecule has 0 bridgehead atoms. The van der Waals surface area contributed by atoms with Crippen LogP contribution in [0.25, 0.3) is 0 Å². The number of nitrogens with one attached hydrogen (secondary N) is 1. The minimum absolute atomic E-state index is 0.671. The Morgan fingerprint density at radius 3 is 3.00 bits per heavy atom. The summed E-state index contributed by atoms with van der Waals surface area (Å²) >= 11 is 0. The number of nitrogens with zero attached hydrogens (tertiary/aromatic N) is 1. The summed E-state index contributed by atoms with van der Waals surface area (Å²) in [5, 5.41) is 3.70. The van der Waals surface area contributed by atoms with Gasteiger partial charge in [-0.05, 0) is 18.6 Å². The number of primary amides is 1. The maximum absolute atomic E-state index is 10.5. The van der Waals surface area contributed by atoms with E-state index in [0.717, 1.165) is 24.2 Å². The van der Waals surface area contributed by atoms with Crippen molar-refractivity contribution >= 4 is 12.2 Å². The van der Waals surface area contributed by atoms with Crippen molar-refractivity contribution in [1.82, 2.24) is 5.43 Å². The third kappa shape index (κ3) is 5.01. The van der Waals surface area contributed by atoms with Gasteiger partial charge in [0.25, 0.3) is 0 Å². The Balaban J connectivity index is 2.63. The zero-order chi connectivity index (χ0) is 12.5. The molecule has 1 aromatic rings. The first-order chi connectivity index (χ1) is 8.24. The highest BCUT2D eigenvalue weighted by Gasteiger charge is 1.99. The first-order valence-corrected chi connectivity index (χ1v) is 5.54. The van der Waals surface area contributed by atoms with Gasteiger partial charge in [-0.25, -0.2) is 10.2 Å². The Bertz CT molecular complexity index is 391. The quantitative estimate of drug-likeness (QED) is 0.448. The van der Waals surface area contributed by atoms with Crippen LogP contribution in [-0.4, -0.2) is 18.9 Å². The van der Waals surface area contributed by atoms with E-state index < -0.39 is 6.03 Å². The number of rotatable bonds is 6. The molecule has 0 spiro atoms. The van der Waals surface area contributed by atoms with E-state index in [1.165, 1.54) is 6.21 Å². The van der Waals surface area contributed by atoms with Gasteiger partial charge in [0, 0.05) is 5.56 Å². The predicted molar refractivity (Wildman–Crippen MR) is 67.2 cm³/mol. The van der Waals surface area contributed by atoms with Crippen molar-refractivity contribution in [3.63, 3.8) is 0 Å². The van der Waals surface area contributed by atoms with Gasteiger partial charge in [-0.2, -0.15) is 5.10 Å². The van der Waals surface area contributed by atoms with E-state index in [-0.39, 0.29) is 0 Å². The molecule has 1 aromatic carbocycles. The summed E-state index contributed by atoms with van der Waals surface area (Å²) in [5.41, 5.74) is 7.84. The van der Waals surface area contributed by atoms with Gasteiger partial charge in [0.2, 0.25) is 0 Å². The predicted octanol–water partition coefficient (Wildman–Crippen LogP) is 1.87. The van der Waals surface area contributed by atoms with Crippen LogP contribution in [0.15, 0.2) is 29.4 Å². The number of hydrazone groups is 1. The van der Waals surface area contributed by atoms with Crippen LogP contribution in [0.5, 0.6) is 5.75 Å². The number of nitrogens with two attached hydrogens (primary N) is 1. The Hall–Kier alpha value is -2.04. The van der Waals surface area contributed by atoms with Crippen LogP contribution in [0.4, 0.5) is 4.79 Å². The number of hydrogen-bond donors (Lipinski definition) is 2. The number of para-hydroxylation sites is 1. The minimum Gasteiger partial charge on any atom is -0.493 e. The van der Waals surface area contributed by atoms with Crippen LogP contribution in [0.2, 0.25) is 0 Å². The van der Waals surface area contributed by atoms with Crippen molar-refractivity contribution < 1.29 is 9.53 Å². The molecule has 3 N–H and O–H groups in total. The van der Waals surface area contributed by atoms with Crippen molar-refractivity contribution in [1.29, 1.82) is 0 Å². The van der Waals surface area contributed by atoms with Gasteiger partial charge in [-0.15, -0.1) is 0 Å². The molecule has 0 unspecified atom stereocenters. The molecule has 0 saturated carbocycles. The van der Waals surface area contributed by atoms with Crippen molar-refractivity contribution in [2.75, 3.05) is 6.61 Å². The lowest BCUT2D eigenvalue weighted by atomic mass is 10.2. The van der Waals surface area contributed by atoms with E-state index in [1.807, 2.05) is 24.3 Å². The van der Waals surface area contributed by atoms with E-state index in [2.05, 4.69) is 17.5 Å². The fourth-order valence-corrected chi connectivity index (χ4v) is 1.21. The second kappa shape index (κ2) is 7.27. The summed E-state index contributed by atoms with van der Waals surface area (Å²) in [6, 6.07) is 6.79. The summed E-state index contributed by atoms with van der Waals surface area (Å²) in [6.07, 6.45) is 3.59. The Morgan fingerprint density at radius 1 is 1.53 bits per heavy atom. The second-order valence-corrected chi connectivity index (χ2v) is 3.47. The molecule has 92 valence electrons. The zero-order valence-corrected chi connectivity index (χ0v) is 9.85. The molecular formula is C12H17N3O2. The lowest BCUT2D eigenvalue weighted by molar-refractivity contribution is 0.249. The largest absolute Gasteiger partial charge is 0.493 e. The summed E-state index contributed by atoms with van der Waals surface area (Å²) in [4.78, 5) is 10.5. The van der Waals surface area contributed by atoms with Crippen LogP contribution in [0.3, 0.4) is 0 Å². The van der Waals surface area contributed by atoms with Crippen LogP contribution in [-0.2, 0) is 0 Å². The molecule has 5 heteroatoms. The third-order valence-electron chi connectivity index (χ3n) is 2.05. The fourth-order valence-electron chi connectivity index (χ4n) is 1.21. The molecule has 0 aromatic heterocycles. The van der Waals surface area contributed by atoms with Crippen LogP contribution in [0.1, 0.15) is 25.3 Å². The molecule has 2 amide bonds. The minimum atomic E-state index is -0.689. The van der Waals surface area contributed by atoms with Gasteiger partial charge in [0.15, 0.2) is 0 Å². The Kier molecular flexibility index (Phi) is 5.57. The summed E-state index contributed by atoms with van der Waals surface area (Å²) < 4.78 is 5.60. The zero-order valence-electron chi connectivity index (χ0n) is 9.85. The van der Waals surface area contributed by atoms with Crippen molar-refractivity contribution in [2.45, 2.75) is 19.8 Å². The van der Waals surface area contributed by atoms with E-state index in [4.69, 9.17) is 10.5 Å². The SMILES string of the molecule is CCCCOc1ccccc1/C=N\NC(N)=O. The highest BCUT2D eigenvalue weighted by molar-refractivity contribution is 5.84. The average molecular weight is 235 g/mol. The van der Waals surface area contributed by atoms with Gasteiger partial charge in [0.1, 0.15) is 5.75 Å². The molecule has 0 aliphatic carbocycles. The molecule has 0 atom stereocenters. The topological polar surface area (TPSA) is 76.7 Å². The lowest BCUT2D eigenvalue weighted by Gasteiger charge is -2.07. The van der Waals surface area contributed by atoms with Gasteiger partial charge >= 0.3 is 6.03 Å². The molecule has 0 saturated heterocycles. The van der Waals surface area contributed by atoms with Crippen molar-refractivity contribution in [3.05, 3.63) is 29.8 Å². The highest BCUT2D eigenvalue weighted by atomic mass is 16.5. The standard InChI is InChI=1S/C12H17N3O2/c1-2-3-8-17-11-7-5-4-6-10(11)9-14-15-12(13)16/h4-7,9H,2-3,8H2,1H3,(H3,13,15,16)/b14-9-. The van der Waals surface area contributed by atoms with E-state index in [1.54, 1.807) is 0 Å². The first kappa shape index (κ1) is 13.0. The highest BCUT2D eigenvalue weighted by Crippen LogP contribution is 2.16. The maximum atomic E-state index is 10.5. The van der Waals surface area contributed by atoms with E-state index in [9.17, 15) is 4.79 Å². The van der Waals surface area contributed by atoms with Crippen LogP contribution < -0.4 is 15.9 Å². The number of urea groups is 1. The monoisotopic (exact) mass is 235 g/mol. The summed E-state index contributed by atoms with van der Waals surface area (Å²) in [7, 11) is 0. The summed E-state index contributed by atoms with van der Waals surface area (Å²) in [5.74, 6) is 0.746. The molecule has 0 fully saturated rings. The Labute approximate surface area is 101 Å². The molecule has 0 aliphatic rings. The fraction of sp³-hybridized carbons (Fsp3) is 0.333. The first-order valence-electron chi connectivity index (χ1n) is 5.54. The van der Waals surface area contributed by atoms with E-state index >= 15 is 0 Å². The lowest BCUT2D eigenvalue weighted by Crippen LogP contribution is -2.24. The number of ether oxygens (including phenoxy) is 1. The second-order valence-electron chi connectivity index (χ2n) is 3.47. The number of unbranched alkanes of at least 4 members (excludes halogenated alkanes) is 1. The number of amides is 2. The molecule has 0 heterocycles. The molecule has 5 nitrogen and oxygen atoms in total. The summed E-state index contributed by atoms with van der Waals surface area (Å²) in [6.45, 7) is 2.78. The van der Waals surface area contributed by atoms with Gasteiger partial charge in [-0.3, -0.25) is 0 Å². The number of carbonyl (C=O) groups is 1. The Morgan fingerprint density at radius 2 is 2.29 bits per heavy atom. The van der Waals surface area contributed by atoms with Crippen LogP contribution >= 0.6 is 0 Å². The molecular weight excluding hydrogens is 218 g/mol. The third-order valence-corrected chi connectivity index (χ3v) is 2.05. The maximum Gasteiger partial charge on any atom is 0.332 e. The number of carbonyl (C=O) groups excluding carboxylic acids is 1. The van der Waals surface area contributed by atoms with Gasteiger partial charge in [-0.1, -0.05) is 25.5 Å². The van der Waals surface area contributed by atoms with Crippen molar-refractivity contribution in [2.24, 2.45) is 10.8 Å².